The molecule has 12 rings (SSSR count). The third-order valence-electron chi connectivity index (χ3n) is 11.3. The molecule has 5 heteroatoms. The first kappa shape index (κ1) is 30.8. The fourth-order valence-corrected chi connectivity index (χ4v) is 8.91. The highest BCUT2D eigenvalue weighted by Crippen LogP contribution is 2.51. The summed E-state index contributed by atoms with van der Waals surface area (Å²) >= 11 is 0. The molecule has 258 valence electrons. The lowest BCUT2D eigenvalue weighted by molar-refractivity contribution is 1.05. The smallest absolute Gasteiger partial charge is 0.182 e. The standard InChI is InChI=1S/C51H29N5/c1-3-13-37-35(11-1)41-17-9-15-39-33(21-23-43(37)47(39)41)30-27-31(34-22-24-44-38-14-4-2-12-36(38)42-18-10-16-40(34)48(42)44)29-32(28-30)49-54-50(45-19-5-7-25-52-45)56-51(55-49)46-20-6-8-26-53-46/h1-29H. The van der Waals surface area contributed by atoms with Crippen LogP contribution >= 0.6 is 0 Å². The molecule has 0 unspecified atom stereocenters. The summed E-state index contributed by atoms with van der Waals surface area (Å²) in [5, 5.41) is 5.01. The number of nitrogens with zero attached hydrogens (tertiary/aromatic N) is 5. The molecule has 0 atom stereocenters. The summed E-state index contributed by atoms with van der Waals surface area (Å²) in [6.45, 7) is 0. The zero-order valence-electron chi connectivity index (χ0n) is 30.0. The van der Waals surface area contributed by atoms with E-state index in [4.69, 9.17) is 15.0 Å². The Morgan fingerprint density at radius 1 is 0.268 bits per heavy atom. The van der Waals surface area contributed by atoms with Crippen molar-refractivity contribution in [3.05, 3.63) is 176 Å². The van der Waals surface area contributed by atoms with Gasteiger partial charge in [0.15, 0.2) is 17.5 Å². The molecule has 3 aromatic heterocycles. The van der Waals surface area contributed by atoms with E-state index in [9.17, 15) is 0 Å². The predicted molar refractivity (Wildman–Crippen MR) is 226 cm³/mol. The summed E-state index contributed by atoms with van der Waals surface area (Å²) in [4.78, 5) is 24.4. The molecule has 7 aromatic carbocycles. The molecule has 0 N–H and O–H groups in total. The summed E-state index contributed by atoms with van der Waals surface area (Å²) in [6.07, 6.45) is 3.53. The fourth-order valence-electron chi connectivity index (χ4n) is 8.91. The van der Waals surface area contributed by atoms with Crippen LogP contribution in [0.4, 0.5) is 0 Å². The molecule has 0 bridgehead atoms. The van der Waals surface area contributed by atoms with Crippen LogP contribution in [0, 0.1) is 0 Å². The van der Waals surface area contributed by atoms with Crippen molar-refractivity contribution in [2.24, 2.45) is 0 Å². The van der Waals surface area contributed by atoms with Crippen molar-refractivity contribution < 1.29 is 0 Å². The lowest BCUT2D eigenvalue weighted by Gasteiger charge is -2.16. The van der Waals surface area contributed by atoms with Crippen LogP contribution in [0.3, 0.4) is 0 Å². The van der Waals surface area contributed by atoms with Gasteiger partial charge in [0.1, 0.15) is 11.4 Å². The monoisotopic (exact) mass is 711 g/mol. The number of hydrogen-bond donors (Lipinski definition) is 0. The SMILES string of the molecule is c1ccc(-c2nc(-c3cc(-c4ccc5c6c(cccc46)-c4ccccc4-5)cc(-c4ccc5c6c(cccc46)-c4ccccc4-5)c3)nc(-c3ccccn3)n2)nc1. The van der Waals surface area contributed by atoms with E-state index < -0.39 is 0 Å². The average Bonchev–Trinajstić information content (AvgIpc) is 3.78. The number of rotatable bonds is 5. The Morgan fingerprint density at radius 2 is 0.643 bits per heavy atom. The van der Waals surface area contributed by atoms with Crippen molar-refractivity contribution in [2.45, 2.75) is 0 Å². The minimum absolute atomic E-state index is 0.495. The van der Waals surface area contributed by atoms with Crippen LogP contribution < -0.4 is 0 Å². The predicted octanol–water partition coefficient (Wildman–Crippen LogP) is 12.6. The van der Waals surface area contributed by atoms with Crippen LogP contribution in [0.15, 0.2) is 176 Å². The summed E-state index contributed by atoms with van der Waals surface area (Å²) in [5.74, 6) is 1.55. The van der Waals surface area contributed by atoms with Crippen LogP contribution in [-0.2, 0) is 0 Å². The van der Waals surface area contributed by atoms with Crippen LogP contribution in [-0.4, -0.2) is 24.9 Å². The molecule has 0 amide bonds. The van der Waals surface area contributed by atoms with Crippen LogP contribution in [0.25, 0.3) is 123 Å². The quantitative estimate of drug-likeness (QED) is 0.178. The van der Waals surface area contributed by atoms with Crippen molar-refractivity contribution in [3.63, 3.8) is 0 Å². The van der Waals surface area contributed by atoms with Gasteiger partial charge >= 0.3 is 0 Å². The third-order valence-corrected chi connectivity index (χ3v) is 11.3. The lowest BCUT2D eigenvalue weighted by atomic mass is 9.89. The van der Waals surface area contributed by atoms with Crippen molar-refractivity contribution in [2.75, 3.05) is 0 Å². The minimum Gasteiger partial charge on any atom is -0.253 e. The first-order valence-corrected chi connectivity index (χ1v) is 18.8. The van der Waals surface area contributed by atoms with Gasteiger partial charge in [0.25, 0.3) is 0 Å². The fraction of sp³-hybridized carbons (Fsp3) is 0. The molecule has 0 fully saturated rings. The number of hydrogen-bond acceptors (Lipinski definition) is 5. The summed E-state index contributed by atoms with van der Waals surface area (Å²) in [7, 11) is 0. The Hall–Kier alpha value is -7.63. The van der Waals surface area contributed by atoms with E-state index in [1.165, 1.54) is 66.1 Å². The molecule has 10 aromatic rings. The Kier molecular flexibility index (Phi) is 6.56. The normalized spacial score (nSPS) is 11.9. The van der Waals surface area contributed by atoms with Gasteiger partial charge in [-0.15, -0.1) is 0 Å². The van der Waals surface area contributed by atoms with Crippen LogP contribution in [0.5, 0.6) is 0 Å². The van der Waals surface area contributed by atoms with Crippen LogP contribution in [0.2, 0.25) is 0 Å². The van der Waals surface area contributed by atoms with Gasteiger partial charge in [-0.25, -0.2) is 15.0 Å². The summed E-state index contributed by atoms with van der Waals surface area (Å²) in [6, 6.07) is 58.3. The molecular weight excluding hydrogens is 683 g/mol. The molecular formula is C51H29N5. The Bertz CT molecular complexity index is 2980. The van der Waals surface area contributed by atoms with E-state index >= 15 is 0 Å². The molecule has 0 saturated heterocycles. The van der Waals surface area contributed by atoms with Crippen molar-refractivity contribution >= 4 is 21.5 Å². The van der Waals surface area contributed by atoms with Crippen molar-refractivity contribution in [1.82, 2.24) is 24.9 Å². The lowest BCUT2D eigenvalue weighted by Crippen LogP contribution is -2.02. The minimum atomic E-state index is 0.495. The van der Waals surface area contributed by atoms with Gasteiger partial charge in [-0.1, -0.05) is 121 Å². The van der Waals surface area contributed by atoms with Gasteiger partial charge in [0, 0.05) is 18.0 Å². The second-order valence-electron chi connectivity index (χ2n) is 14.4. The maximum absolute atomic E-state index is 5.11. The number of pyridine rings is 2. The number of fused-ring (bicyclic) bond motifs is 6. The Labute approximate surface area is 322 Å². The highest BCUT2D eigenvalue weighted by Gasteiger charge is 2.25. The second-order valence-corrected chi connectivity index (χ2v) is 14.4. The number of aromatic nitrogens is 5. The van der Waals surface area contributed by atoms with Gasteiger partial charge in [-0.3, -0.25) is 9.97 Å². The third kappa shape index (κ3) is 4.58. The van der Waals surface area contributed by atoms with Gasteiger partial charge in [-0.05, 0) is 131 Å². The largest absolute Gasteiger partial charge is 0.253 e. The van der Waals surface area contributed by atoms with Gasteiger partial charge in [0.05, 0.1) is 0 Å². The van der Waals surface area contributed by atoms with E-state index in [1.807, 2.05) is 36.4 Å². The van der Waals surface area contributed by atoms with Gasteiger partial charge < -0.3 is 0 Å². The second kappa shape index (κ2) is 11.9. The van der Waals surface area contributed by atoms with Crippen LogP contribution in [0.1, 0.15) is 0 Å². The van der Waals surface area contributed by atoms with Gasteiger partial charge in [-0.2, -0.15) is 0 Å². The zero-order chi connectivity index (χ0) is 36.7. The molecule has 5 nitrogen and oxygen atoms in total. The van der Waals surface area contributed by atoms with Gasteiger partial charge in [0.2, 0.25) is 0 Å². The molecule has 3 heterocycles. The first-order chi connectivity index (χ1) is 27.8. The average molecular weight is 712 g/mol. The highest BCUT2D eigenvalue weighted by molar-refractivity contribution is 6.20. The maximum Gasteiger partial charge on any atom is 0.182 e. The Morgan fingerprint density at radius 3 is 1.09 bits per heavy atom. The van der Waals surface area contributed by atoms with E-state index in [1.54, 1.807) is 12.4 Å². The van der Waals surface area contributed by atoms with E-state index in [2.05, 4.69) is 137 Å². The molecule has 0 radical (unpaired) electrons. The topological polar surface area (TPSA) is 64.5 Å². The summed E-state index contributed by atoms with van der Waals surface area (Å²) in [5.41, 5.74) is 16.9. The Balaban J connectivity index is 1.13. The van der Waals surface area contributed by atoms with Crippen molar-refractivity contribution in [3.8, 4) is 101 Å². The zero-order valence-corrected chi connectivity index (χ0v) is 30.0. The molecule has 0 saturated carbocycles. The molecule has 0 aliphatic heterocycles. The molecule has 2 aliphatic carbocycles. The number of benzene rings is 7. The molecule has 2 aliphatic rings. The van der Waals surface area contributed by atoms with E-state index in [0.717, 1.165) is 27.8 Å². The highest BCUT2D eigenvalue weighted by atomic mass is 15.1. The maximum atomic E-state index is 5.11. The molecule has 0 spiro atoms. The van der Waals surface area contributed by atoms with Crippen molar-refractivity contribution in [1.29, 1.82) is 0 Å². The van der Waals surface area contributed by atoms with E-state index in [-0.39, 0.29) is 0 Å². The molecule has 56 heavy (non-hydrogen) atoms. The summed E-state index contributed by atoms with van der Waals surface area (Å²) < 4.78 is 0. The first-order valence-electron chi connectivity index (χ1n) is 18.8. The van der Waals surface area contributed by atoms with E-state index in [0.29, 0.717) is 28.9 Å².